The van der Waals surface area contributed by atoms with Crippen molar-refractivity contribution in [1.82, 2.24) is 14.8 Å². The number of alkyl halides is 4. The van der Waals surface area contributed by atoms with Crippen molar-refractivity contribution in [2.75, 3.05) is 0 Å². The van der Waals surface area contributed by atoms with Gasteiger partial charge in [0.05, 0.1) is 22.1 Å². The van der Waals surface area contributed by atoms with Gasteiger partial charge in [-0.15, -0.1) is 10.2 Å². The van der Waals surface area contributed by atoms with Crippen molar-refractivity contribution in [2.24, 2.45) is 0 Å². The van der Waals surface area contributed by atoms with Gasteiger partial charge in [0.2, 0.25) is 0 Å². The quantitative estimate of drug-likeness (QED) is 0.330. The van der Waals surface area contributed by atoms with E-state index in [9.17, 15) is 22.4 Å². The average molecular weight is 442 g/mol. The molecule has 0 aliphatic rings. The highest BCUT2D eigenvalue weighted by Crippen LogP contribution is 2.37. The van der Waals surface area contributed by atoms with E-state index < -0.39 is 29.0 Å². The second kappa shape index (κ2) is 7.22. The van der Waals surface area contributed by atoms with Crippen LogP contribution in [0.5, 0.6) is 0 Å². The first kappa shape index (κ1) is 19.2. The Morgan fingerprint density at radius 1 is 1.07 bits per heavy atom. The summed E-state index contributed by atoms with van der Waals surface area (Å²) in [4.78, 5) is 12.9. The Bertz CT molecular complexity index is 1010. The molecule has 0 amide bonds. The van der Waals surface area contributed by atoms with Crippen molar-refractivity contribution >= 4 is 21.7 Å². The molecule has 27 heavy (non-hydrogen) atoms. The van der Waals surface area contributed by atoms with Crippen LogP contribution in [0, 0.1) is 12.7 Å². The fraction of sp³-hybridized carbons (Fsp3) is 0.167. The smallest absolute Gasteiger partial charge is 0.288 e. The highest BCUT2D eigenvalue weighted by molar-refractivity contribution is 9.08. The summed E-state index contributed by atoms with van der Waals surface area (Å²) in [5.74, 6) is -1.31. The normalized spacial score (nSPS) is 11.6. The third-order valence-electron chi connectivity index (χ3n) is 3.94. The van der Waals surface area contributed by atoms with Crippen molar-refractivity contribution < 1.29 is 22.4 Å². The van der Waals surface area contributed by atoms with Gasteiger partial charge in [0.25, 0.3) is 0 Å². The standard InChI is InChI=1S/C18H12BrF4N3O/c1-10-24-25-15(9-19)26(10)16-12(6-4-7-13(16)18(21,22)23)17(27)11-5-2-3-8-14(11)20/h2-8H,9H2,1H3. The third kappa shape index (κ3) is 3.51. The van der Waals surface area contributed by atoms with Crippen molar-refractivity contribution in [3.63, 3.8) is 0 Å². The molecule has 0 saturated heterocycles. The molecular formula is C18H12BrF4N3O. The van der Waals surface area contributed by atoms with Crippen LogP contribution in [0.1, 0.15) is 33.1 Å². The molecule has 1 heterocycles. The second-order valence-corrected chi connectivity index (χ2v) is 6.20. The van der Waals surface area contributed by atoms with E-state index in [0.717, 1.165) is 22.8 Å². The van der Waals surface area contributed by atoms with Gasteiger partial charge in [-0.05, 0) is 31.2 Å². The average Bonchev–Trinajstić information content (AvgIpc) is 3.00. The molecule has 140 valence electrons. The summed E-state index contributed by atoms with van der Waals surface area (Å²) in [6.07, 6.45) is -4.73. The number of rotatable bonds is 4. The van der Waals surface area contributed by atoms with Crippen LogP contribution in [0.3, 0.4) is 0 Å². The lowest BCUT2D eigenvalue weighted by atomic mass is 9.97. The number of benzene rings is 2. The van der Waals surface area contributed by atoms with Crippen LogP contribution >= 0.6 is 15.9 Å². The van der Waals surface area contributed by atoms with E-state index in [4.69, 9.17) is 0 Å². The van der Waals surface area contributed by atoms with Crippen molar-refractivity contribution in [1.29, 1.82) is 0 Å². The van der Waals surface area contributed by atoms with Crippen molar-refractivity contribution in [3.8, 4) is 5.69 Å². The predicted molar refractivity (Wildman–Crippen MR) is 93.6 cm³/mol. The first-order valence-corrected chi connectivity index (χ1v) is 8.84. The van der Waals surface area contributed by atoms with E-state index in [2.05, 4.69) is 26.1 Å². The minimum absolute atomic E-state index is 0.118. The Morgan fingerprint density at radius 3 is 2.37 bits per heavy atom. The minimum atomic E-state index is -4.73. The Balaban J connectivity index is 2.35. The van der Waals surface area contributed by atoms with Crippen LogP contribution in [0.25, 0.3) is 5.69 Å². The van der Waals surface area contributed by atoms with Crippen LogP contribution in [-0.2, 0) is 11.5 Å². The van der Waals surface area contributed by atoms with Gasteiger partial charge in [0.1, 0.15) is 17.5 Å². The van der Waals surface area contributed by atoms with Gasteiger partial charge in [-0.25, -0.2) is 4.39 Å². The van der Waals surface area contributed by atoms with E-state index >= 15 is 0 Å². The molecule has 0 atom stereocenters. The fourth-order valence-corrected chi connectivity index (χ4v) is 3.13. The van der Waals surface area contributed by atoms with Gasteiger partial charge in [-0.2, -0.15) is 13.2 Å². The van der Waals surface area contributed by atoms with E-state index in [1.54, 1.807) is 0 Å². The zero-order valence-corrected chi connectivity index (χ0v) is 15.5. The lowest BCUT2D eigenvalue weighted by Crippen LogP contribution is -2.18. The lowest BCUT2D eigenvalue weighted by molar-refractivity contribution is -0.137. The van der Waals surface area contributed by atoms with Gasteiger partial charge in [-0.3, -0.25) is 9.36 Å². The fourth-order valence-electron chi connectivity index (χ4n) is 2.77. The number of aromatic nitrogens is 3. The number of ketones is 1. The zero-order valence-electron chi connectivity index (χ0n) is 13.9. The summed E-state index contributed by atoms with van der Waals surface area (Å²) in [5, 5.41) is 7.76. The number of para-hydroxylation sites is 1. The van der Waals surface area contributed by atoms with E-state index in [1.807, 2.05) is 0 Å². The van der Waals surface area contributed by atoms with E-state index in [0.29, 0.717) is 0 Å². The summed E-state index contributed by atoms with van der Waals surface area (Å²) in [6, 6.07) is 8.36. The van der Waals surface area contributed by atoms with Crippen LogP contribution in [0.15, 0.2) is 42.5 Å². The van der Waals surface area contributed by atoms with Crippen LogP contribution in [-0.4, -0.2) is 20.5 Å². The lowest BCUT2D eigenvalue weighted by Gasteiger charge is -2.19. The molecule has 0 saturated carbocycles. The first-order chi connectivity index (χ1) is 12.8. The number of carbonyl (C=O) groups excluding carboxylic acids is 1. The third-order valence-corrected chi connectivity index (χ3v) is 4.44. The number of aryl methyl sites for hydroxylation is 1. The molecule has 2 aromatic carbocycles. The van der Waals surface area contributed by atoms with Crippen molar-refractivity contribution in [2.45, 2.75) is 18.4 Å². The zero-order chi connectivity index (χ0) is 19.8. The number of hydrogen-bond acceptors (Lipinski definition) is 3. The molecule has 9 heteroatoms. The van der Waals surface area contributed by atoms with Crippen LogP contribution in [0.2, 0.25) is 0 Å². The number of carbonyl (C=O) groups is 1. The number of hydrogen-bond donors (Lipinski definition) is 0. The summed E-state index contributed by atoms with van der Waals surface area (Å²) in [7, 11) is 0. The second-order valence-electron chi connectivity index (χ2n) is 5.64. The molecule has 0 bridgehead atoms. The highest BCUT2D eigenvalue weighted by Gasteiger charge is 2.37. The highest BCUT2D eigenvalue weighted by atomic mass is 79.9. The maximum Gasteiger partial charge on any atom is 0.418 e. The number of nitrogens with zero attached hydrogens (tertiary/aromatic N) is 3. The molecule has 0 spiro atoms. The largest absolute Gasteiger partial charge is 0.418 e. The Labute approximate surface area is 160 Å². The monoisotopic (exact) mass is 441 g/mol. The SMILES string of the molecule is Cc1nnc(CBr)n1-c1c(C(=O)c2ccccc2F)cccc1C(F)(F)F. The first-order valence-electron chi connectivity index (χ1n) is 7.72. The molecule has 4 nitrogen and oxygen atoms in total. The predicted octanol–water partition coefficient (Wildman–Crippen LogP) is 4.86. The summed E-state index contributed by atoms with van der Waals surface area (Å²) in [6.45, 7) is 1.48. The summed E-state index contributed by atoms with van der Waals surface area (Å²) >= 11 is 3.16. The topological polar surface area (TPSA) is 47.8 Å². The molecule has 0 radical (unpaired) electrons. The molecule has 1 aromatic heterocycles. The molecule has 0 unspecified atom stereocenters. The van der Waals surface area contributed by atoms with Gasteiger partial charge < -0.3 is 0 Å². The summed E-state index contributed by atoms with van der Waals surface area (Å²) < 4.78 is 56.3. The number of halogens is 5. The van der Waals surface area contributed by atoms with Gasteiger partial charge in [0.15, 0.2) is 5.78 Å². The minimum Gasteiger partial charge on any atom is -0.288 e. The van der Waals surface area contributed by atoms with Gasteiger partial charge in [-0.1, -0.05) is 34.1 Å². The molecule has 0 N–H and O–H groups in total. The molecule has 0 fully saturated rings. The molecular weight excluding hydrogens is 430 g/mol. The molecule has 0 aliphatic heterocycles. The summed E-state index contributed by atoms with van der Waals surface area (Å²) in [5.41, 5.74) is -2.06. The van der Waals surface area contributed by atoms with Crippen LogP contribution in [0.4, 0.5) is 17.6 Å². The van der Waals surface area contributed by atoms with E-state index in [1.165, 1.54) is 31.2 Å². The Hall–Kier alpha value is -2.55. The maximum atomic E-state index is 14.1. The van der Waals surface area contributed by atoms with E-state index in [-0.39, 0.29) is 28.1 Å². The molecule has 3 rings (SSSR count). The molecule has 0 aliphatic carbocycles. The van der Waals surface area contributed by atoms with Gasteiger partial charge in [0, 0.05) is 5.56 Å². The Kier molecular flexibility index (Phi) is 5.14. The van der Waals surface area contributed by atoms with Crippen molar-refractivity contribution in [3.05, 3.63) is 76.6 Å². The van der Waals surface area contributed by atoms with Crippen LogP contribution < -0.4 is 0 Å². The maximum absolute atomic E-state index is 14.1. The molecule has 3 aromatic rings. The van der Waals surface area contributed by atoms with Gasteiger partial charge >= 0.3 is 6.18 Å². The Morgan fingerprint density at radius 2 is 1.74 bits per heavy atom.